The van der Waals surface area contributed by atoms with Gasteiger partial charge in [0.1, 0.15) is 0 Å². The lowest BCUT2D eigenvalue weighted by Crippen LogP contribution is -2.36. The highest BCUT2D eigenvalue weighted by atomic mass is 16.1. The van der Waals surface area contributed by atoms with Gasteiger partial charge in [0.15, 0.2) is 0 Å². The third kappa shape index (κ3) is 14.6. The van der Waals surface area contributed by atoms with Gasteiger partial charge >= 0.3 is 0 Å². The van der Waals surface area contributed by atoms with Crippen LogP contribution in [0.25, 0.3) is 0 Å². The van der Waals surface area contributed by atoms with Gasteiger partial charge in [-0.2, -0.15) is 0 Å². The largest absolute Gasteiger partial charge is 0.389 e. The zero-order valence-corrected chi connectivity index (χ0v) is 20.2. The van der Waals surface area contributed by atoms with Gasteiger partial charge in [-0.15, -0.1) is 0 Å². The average molecular weight is 441 g/mol. The van der Waals surface area contributed by atoms with Gasteiger partial charge in [-0.25, -0.2) is 0 Å². The van der Waals surface area contributed by atoms with Crippen molar-refractivity contribution < 1.29 is 4.79 Å². The molecule has 0 bridgehead atoms. The first-order valence-electron chi connectivity index (χ1n) is 12.0. The molecule has 1 unspecified atom stereocenters. The van der Waals surface area contributed by atoms with Crippen LogP contribution in [0.15, 0.2) is 67.4 Å². The topological polar surface area (TPSA) is 56.4 Å². The lowest BCUT2D eigenvalue weighted by Gasteiger charge is -2.15. The zero-order chi connectivity index (χ0) is 23.4. The Morgan fingerprint density at radius 1 is 1.09 bits per heavy atom. The molecule has 0 fully saturated rings. The van der Waals surface area contributed by atoms with Crippen LogP contribution < -0.4 is 16.0 Å². The van der Waals surface area contributed by atoms with Crippen molar-refractivity contribution in [2.24, 2.45) is 0 Å². The molecule has 0 aliphatic heterocycles. The summed E-state index contributed by atoms with van der Waals surface area (Å²) in [7, 11) is 2.18. The second-order valence-corrected chi connectivity index (χ2v) is 8.33. The first-order valence-corrected chi connectivity index (χ1v) is 12.0. The maximum Gasteiger partial charge on any atom is 0.234 e. The van der Waals surface area contributed by atoms with Crippen LogP contribution in [0.3, 0.4) is 0 Å². The molecule has 3 N–H and O–H groups in total. The quantitative estimate of drug-likeness (QED) is 0.218. The summed E-state index contributed by atoms with van der Waals surface area (Å²) in [6.07, 6.45) is 12.7. The smallest absolute Gasteiger partial charge is 0.234 e. The van der Waals surface area contributed by atoms with Gasteiger partial charge in [-0.3, -0.25) is 4.79 Å². The van der Waals surface area contributed by atoms with Crippen LogP contribution in [0.5, 0.6) is 0 Å². The summed E-state index contributed by atoms with van der Waals surface area (Å²) < 4.78 is 0. The fourth-order valence-corrected chi connectivity index (χ4v) is 3.38. The molecule has 1 aromatic carbocycles. The number of benzene rings is 1. The van der Waals surface area contributed by atoms with Crippen LogP contribution in [-0.4, -0.2) is 50.6 Å². The molecule has 32 heavy (non-hydrogen) atoms. The third-order valence-corrected chi connectivity index (χ3v) is 5.34. The van der Waals surface area contributed by atoms with E-state index in [9.17, 15) is 4.79 Å². The Balaban J connectivity index is 1.94. The maximum atomic E-state index is 12.0. The second kappa shape index (κ2) is 18.2. The molecule has 0 aliphatic rings. The molecule has 5 nitrogen and oxygen atoms in total. The van der Waals surface area contributed by atoms with E-state index < -0.39 is 0 Å². The molecule has 1 amide bonds. The average Bonchev–Trinajstić information content (AvgIpc) is 2.79. The van der Waals surface area contributed by atoms with E-state index in [2.05, 4.69) is 47.1 Å². The summed E-state index contributed by atoms with van der Waals surface area (Å²) in [6.45, 7) is 14.1. The highest BCUT2D eigenvalue weighted by Gasteiger charge is 2.08. The predicted octanol–water partition coefficient (Wildman–Crippen LogP) is 4.57. The number of allylic oxidation sites excluding steroid dienone is 3. The molecule has 0 heterocycles. The highest BCUT2D eigenvalue weighted by molar-refractivity contribution is 5.78. The molecule has 1 rings (SSSR count). The molecule has 1 aromatic rings. The normalized spacial score (nSPS) is 12.1. The van der Waals surface area contributed by atoms with E-state index in [1.54, 1.807) is 0 Å². The Bertz CT molecular complexity index is 671. The van der Waals surface area contributed by atoms with Crippen LogP contribution >= 0.6 is 0 Å². The third-order valence-electron chi connectivity index (χ3n) is 5.34. The molecule has 1 atom stereocenters. The highest BCUT2D eigenvalue weighted by Crippen LogP contribution is 2.10. The van der Waals surface area contributed by atoms with E-state index in [0.717, 1.165) is 56.7 Å². The maximum absolute atomic E-state index is 12.0. The molecular weight excluding hydrogens is 396 g/mol. The Morgan fingerprint density at radius 2 is 1.88 bits per heavy atom. The van der Waals surface area contributed by atoms with Crippen LogP contribution in [0.2, 0.25) is 0 Å². The van der Waals surface area contributed by atoms with Crippen molar-refractivity contribution in [1.82, 2.24) is 20.9 Å². The van der Waals surface area contributed by atoms with Gasteiger partial charge < -0.3 is 20.9 Å². The van der Waals surface area contributed by atoms with E-state index in [-0.39, 0.29) is 11.9 Å². The number of carbonyl (C=O) groups is 1. The number of nitrogens with zero attached hydrogens (tertiary/aromatic N) is 1. The summed E-state index contributed by atoms with van der Waals surface area (Å²) in [5.41, 5.74) is 2.23. The van der Waals surface area contributed by atoms with E-state index in [1.807, 2.05) is 49.4 Å². The number of rotatable bonds is 19. The molecule has 5 heteroatoms. The SMILES string of the molecule is C=C/C=C\CCN(C)CCCCCC(=C)NCCCNCC(=O)NC(C)c1ccccc1. The van der Waals surface area contributed by atoms with Crippen LogP contribution in [-0.2, 0) is 4.79 Å². The molecule has 0 saturated heterocycles. The number of hydrogen-bond acceptors (Lipinski definition) is 4. The molecule has 178 valence electrons. The summed E-state index contributed by atoms with van der Waals surface area (Å²) in [4.78, 5) is 14.4. The molecule has 0 saturated carbocycles. The molecule has 0 spiro atoms. The first-order chi connectivity index (χ1) is 15.5. The van der Waals surface area contributed by atoms with Crippen LogP contribution in [0.4, 0.5) is 0 Å². The van der Waals surface area contributed by atoms with Crippen molar-refractivity contribution in [2.75, 3.05) is 39.8 Å². The van der Waals surface area contributed by atoms with Crippen molar-refractivity contribution in [1.29, 1.82) is 0 Å². The predicted molar refractivity (Wildman–Crippen MR) is 138 cm³/mol. The minimum absolute atomic E-state index is 0.0235. The van der Waals surface area contributed by atoms with Gasteiger partial charge in [0.05, 0.1) is 12.6 Å². The molecule has 0 radical (unpaired) electrons. The minimum Gasteiger partial charge on any atom is -0.389 e. The van der Waals surface area contributed by atoms with Gasteiger partial charge in [0.25, 0.3) is 0 Å². The molecule has 0 aromatic heterocycles. The number of hydrogen-bond donors (Lipinski definition) is 3. The number of amides is 1. The number of unbranched alkanes of at least 4 members (excludes halogenated alkanes) is 2. The summed E-state index contributed by atoms with van der Waals surface area (Å²) in [5.74, 6) is 0.0256. The second-order valence-electron chi connectivity index (χ2n) is 8.33. The number of nitrogens with one attached hydrogen (secondary N) is 3. The molecule has 0 aliphatic carbocycles. The van der Waals surface area contributed by atoms with Gasteiger partial charge in [-0.1, -0.05) is 68.1 Å². The lowest BCUT2D eigenvalue weighted by atomic mass is 10.1. The van der Waals surface area contributed by atoms with E-state index in [1.165, 1.54) is 19.3 Å². The Kier molecular flexibility index (Phi) is 15.8. The van der Waals surface area contributed by atoms with Crippen LogP contribution in [0.1, 0.15) is 57.1 Å². The monoisotopic (exact) mass is 440 g/mol. The lowest BCUT2D eigenvalue weighted by molar-refractivity contribution is -0.120. The van der Waals surface area contributed by atoms with Crippen molar-refractivity contribution in [3.05, 3.63) is 73.0 Å². The Morgan fingerprint density at radius 3 is 2.62 bits per heavy atom. The first kappa shape index (κ1) is 27.7. The van der Waals surface area contributed by atoms with Crippen molar-refractivity contribution in [3.8, 4) is 0 Å². The van der Waals surface area contributed by atoms with E-state index in [4.69, 9.17) is 0 Å². The number of carbonyl (C=O) groups excluding carboxylic acids is 1. The van der Waals surface area contributed by atoms with Gasteiger partial charge in [-0.05, 0) is 64.7 Å². The van der Waals surface area contributed by atoms with Crippen molar-refractivity contribution >= 4 is 5.91 Å². The van der Waals surface area contributed by atoms with Crippen molar-refractivity contribution in [2.45, 2.75) is 51.5 Å². The van der Waals surface area contributed by atoms with Crippen LogP contribution in [0, 0.1) is 0 Å². The minimum atomic E-state index is 0.0235. The Labute approximate surface area is 196 Å². The zero-order valence-electron chi connectivity index (χ0n) is 20.2. The fourth-order valence-electron chi connectivity index (χ4n) is 3.38. The molecular formula is C27H44N4O. The van der Waals surface area contributed by atoms with E-state index >= 15 is 0 Å². The summed E-state index contributed by atoms with van der Waals surface area (Å²) in [6, 6.07) is 10.0. The summed E-state index contributed by atoms with van der Waals surface area (Å²) in [5, 5.41) is 9.64. The fraction of sp³-hybridized carbons (Fsp3) is 0.519. The van der Waals surface area contributed by atoms with Crippen molar-refractivity contribution in [3.63, 3.8) is 0 Å². The van der Waals surface area contributed by atoms with Gasteiger partial charge in [0.2, 0.25) is 5.91 Å². The standard InChI is InChI=1S/C27H44N4O/c1-5-6-7-13-21-31(4)22-14-9-10-16-24(2)29-20-15-19-28-23-27(32)30-25(3)26-17-11-8-12-18-26/h5-8,11-12,17-18,25,28-29H,1-2,9-10,13-16,19-23H2,3-4H3,(H,30,32)/b7-6-. The Hall–Kier alpha value is -2.37. The summed E-state index contributed by atoms with van der Waals surface area (Å²) >= 11 is 0. The van der Waals surface area contributed by atoms with E-state index in [0.29, 0.717) is 6.54 Å². The van der Waals surface area contributed by atoms with Gasteiger partial charge in [0, 0.05) is 18.8 Å².